The van der Waals surface area contributed by atoms with Gasteiger partial charge in [0, 0.05) is 53.6 Å². The van der Waals surface area contributed by atoms with Gasteiger partial charge in [-0.15, -0.1) is 22.7 Å². The fraction of sp³-hybridized carbons (Fsp3) is 0.0303. The van der Waals surface area contributed by atoms with Crippen molar-refractivity contribution in [2.75, 3.05) is 5.32 Å². The van der Waals surface area contributed by atoms with Gasteiger partial charge in [0.2, 0.25) is 0 Å². The molecule has 6 rings (SSSR count). The summed E-state index contributed by atoms with van der Waals surface area (Å²) >= 11 is 18.6. The predicted octanol–water partition coefficient (Wildman–Crippen LogP) is 9.64. The van der Waals surface area contributed by atoms with Crippen LogP contribution in [-0.2, 0) is 0 Å². The molecule has 0 fully saturated rings. The van der Waals surface area contributed by atoms with Crippen LogP contribution < -0.4 is 15.5 Å². The SMILES string of the molecule is Cc1ccc2c(Cl)c(C(=O)Oc3ccc(Br)cc3/C=N\NC(=O)c3ccc(NC(=O)c4sc5cc([N+](=O)[O-])ccc5c4Cl)cc3)sc2c1. The first-order chi connectivity index (χ1) is 23.0. The molecule has 10 nitrogen and oxygen atoms in total. The summed E-state index contributed by atoms with van der Waals surface area (Å²) in [4.78, 5) is 49.8. The Morgan fingerprint density at radius 2 is 1.54 bits per heavy atom. The van der Waals surface area contributed by atoms with Gasteiger partial charge in [0.05, 0.1) is 21.2 Å². The molecular weight excluding hydrogens is 763 g/mol. The first-order valence-corrected chi connectivity index (χ1v) is 17.0. The van der Waals surface area contributed by atoms with Crippen molar-refractivity contribution < 1.29 is 24.0 Å². The number of fused-ring (bicyclic) bond motifs is 2. The van der Waals surface area contributed by atoms with Crippen LogP contribution in [0.3, 0.4) is 0 Å². The average molecular weight is 782 g/mol. The number of benzene rings is 4. The number of nitrogens with zero attached hydrogens (tertiary/aromatic N) is 2. The van der Waals surface area contributed by atoms with Gasteiger partial charge in [-0.25, -0.2) is 10.2 Å². The number of esters is 1. The molecule has 4 aromatic carbocycles. The number of hydrogen-bond acceptors (Lipinski definition) is 9. The van der Waals surface area contributed by atoms with Gasteiger partial charge in [-0.2, -0.15) is 5.10 Å². The molecule has 6 aromatic rings. The topological polar surface area (TPSA) is 140 Å². The number of carbonyl (C=O) groups excluding carboxylic acids is 3. The largest absolute Gasteiger partial charge is 0.422 e. The Morgan fingerprint density at radius 1 is 0.875 bits per heavy atom. The van der Waals surface area contributed by atoms with E-state index in [1.165, 1.54) is 60.0 Å². The molecule has 0 saturated carbocycles. The van der Waals surface area contributed by atoms with E-state index in [-0.39, 0.29) is 31.8 Å². The fourth-order valence-corrected chi connectivity index (χ4v) is 7.90. The molecule has 2 N–H and O–H groups in total. The summed E-state index contributed by atoms with van der Waals surface area (Å²) in [7, 11) is 0. The van der Waals surface area contributed by atoms with Crippen molar-refractivity contribution in [3.8, 4) is 5.75 Å². The number of aryl methyl sites for hydroxylation is 1. The summed E-state index contributed by atoms with van der Waals surface area (Å²) < 4.78 is 7.76. The second-order valence-corrected chi connectivity index (χ2v) is 14.0. The van der Waals surface area contributed by atoms with Crippen LogP contribution in [0.2, 0.25) is 10.0 Å². The first kappa shape index (κ1) is 33.2. The van der Waals surface area contributed by atoms with Gasteiger partial charge in [0.15, 0.2) is 0 Å². The minimum atomic E-state index is -0.620. The lowest BCUT2D eigenvalue weighted by molar-refractivity contribution is -0.384. The molecule has 0 radical (unpaired) electrons. The molecule has 48 heavy (non-hydrogen) atoms. The molecule has 0 aliphatic heterocycles. The number of halogens is 3. The molecule has 0 saturated heterocycles. The second-order valence-electron chi connectivity index (χ2n) is 10.2. The van der Waals surface area contributed by atoms with Gasteiger partial charge in [-0.3, -0.25) is 19.7 Å². The Hall–Kier alpha value is -4.66. The number of rotatable bonds is 8. The van der Waals surface area contributed by atoms with Crippen molar-refractivity contribution in [3.63, 3.8) is 0 Å². The predicted molar refractivity (Wildman–Crippen MR) is 194 cm³/mol. The number of anilines is 1. The third-order valence-corrected chi connectivity index (χ3v) is 10.7. The average Bonchev–Trinajstić information content (AvgIpc) is 3.57. The monoisotopic (exact) mass is 780 g/mol. The van der Waals surface area contributed by atoms with Gasteiger partial charge in [0.25, 0.3) is 17.5 Å². The van der Waals surface area contributed by atoms with E-state index < -0.39 is 22.7 Å². The van der Waals surface area contributed by atoms with Gasteiger partial charge < -0.3 is 10.1 Å². The van der Waals surface area contributed by atoms with Crippen molar-refractivity contribution in [2.45, 2.75) is 6.92 Å². The molecule has 2 amide bonds. The van der Waals surface area contributed by atoms with E-state index in [9.17, 15) is 24.5 Å². The van der Waals surface area contributed by atoms with E-state index in [1.54, 1.807) is 18.2 Å². The summed E-state index contributed by atoms with van der Waals surface area (Å²) in [5.41, 5.74) is 4.45. The number of nitro groups is 1. The van der Waals surface area contributed by atoms with Gasteiger partial charge in [-0.05, 0) is 67.1 Å². The van der Waals surface area contributed by atoms with Crippen LogP contribution in [0, 0.1) is 17.0 Å². The number of hydrogen-bond donors (Lipinski definition) is 2. The van der Waals surface area contributed by atoms with Crippen molar-refractivity contribution >= 4 is 117 Å². The van der Waals surface area contributed by atoms with E-state index in [2.05, 4.69) is 31.8 Å². The number of nitro benzene ring substituents is 1. The number of nitrogens with one attached hydrogen (secondary N) is 2. The number of non-ortho nitro benzene ring substituents is 1. The van der Waals surface area contributed by atoms with Crippen molar-refractivity contribution in [2.24, 2.45) is 5.10 Å². The molecule has 0 atom stereocenters. The summed E-state index contributed by atoms with van der Waals surface area (Å²) in [5.74, 6) is -1.44. The maximum Gasteiger partial charge on any atom is 0.355 e. The van der Waals surface area contributed by atoms with Crippen LogP contribution in [0.4, 0.5) is 11.4 Å². The number of carbonyl (C=O) groups is 3. The molecule has 0 aliphatic carbocycles. The molecule has 0 unspecified atom stereocenters. The smallest absolute Gasteiger partial charge is 0.355 e. The van der Waals surface area contributed by atoms with Crippen LogP contribution in [-0.4, -0.2) is 28.9 Å². The van der Waals surface area contributed by atoms with E-state index >= 15 is 0 Å². The van der Waals surface area contributed by atoms with E-state index in [1.807, 2.05) is 25.1 Å². The van der Waals surface area contributed by atoms with E-state index in [0.29, 0.717) is 30.8 Å². The number of amides is 2. The van der Waals surface area contributed by atoms with Gasteiger partial charge >= 0.3 is 5.97 Å². The Labute approximate surface area is 298 Å². The molecule has 15 heteroatoms. The Morgan fingerprint density at radius 3 is 2.27 bits per heavy atom. The normalized spacial score (nSPS) is 11.2. The van der Waals surface area contributed by atoms with E-state index in [0.717, 1.165) is 27.0 Å². The number of ether oxygens (including phenoxy) is 1. The highest BCUT2D eigenvalue weighted by molar-refractivity contribution is 9.10. The van der Waals surface area contributed by atoms with Gasteiger partial charge in [0.1, 0.15) is 15.5 Å². The third kappa shape index (κ3) is 6.96. The summed E-state index contributed by atoms with van der Waals surface area (Å²) in [6, 6.07) is 21.0. The van der Waals surface area contributed by atoms with E-state index in [4.69, 9.17) is 27.9 Å². The van der Waals surface area contributed by atoms with Crippen LogP contribution in [0.1, 0.15) is 40.8 Å². The zero-order chi connectivity index (χ0) is 34.1. The Kier molecular flexibility index (Phi) is 9.58. The first-order valence-electron chi connectivity index (χ1n) is 13.8. The summed E-state index contributed by atoms with van der Waals surface area (Å²) in [6.07, 6.45) is 1.35. The molecule has 2 aromatic heterocycles. The van der Waals surface area contributed by atoms with Crippen LogP contribution in [0.25, 0.3) is 20.2 Å². The third-order valence-electron chi connectivity index (χ3n) is 6.95. The lowest BCUT2D eigenvalue weighted by Gasteiger charge is -2.08. The molecular formula is C33H19BrCl2N4O6S2. The minimum absolute atomic E-state index is 0.102. The molecule has 240 valence electrons. The highest BCUT2D eigenvalue weighted by Crippen LogP contribution is 2.38. The van der Waals surface area contributed by atoms with Crippen molar-refractivity contribution in [1.29, 1.82) is 0 Å². The second kappa shape index (κ2) is 13.8. The van der Waals surface area contributed by atoms with Crippen molar-refractivity contribution in [3.05, 3.63) is 130 Å². The van der Waals surface area contributed by atoms with Gasteiger partial charge in [-0.1, -0.05) is 51.3 Å². The zero-order valence-corrected chi connectivity index (χ0v) is 29.1. The number of thiophene rings is 2. The quantitative estimate of drug-likeness (QED) is 0.0518. The Bertz CT molecular complexity index is 2320. The van der Waals surface area contributed by atoms with Crippen molar-refractivity contribution in [1.82, 2.24) is 5.43 Å². The molecule has 0 bridgehead atoms. The maximum atomic E-state index is 13.1. The molecule has 2 heterocycles. The lowest BCUT2D eigenvalue weighted by Crippen LogP contribution is -2.18. The van der Waals surface area contributed by atoms with Crippen LogP contribution in [0.15, 0.2) is 88.4 Å². The molecule has 0 aliphatic rings. The highest BCUT2D eigenvalue weighted by atomic mass is 79.9. The standard InChI is InChI=1S/C33H19BrCl2N4O6S2/c1-16-2-9-22-25(12-16)48-30(28(22)36)33(43)46-24-11-5-19(34)13-18(24)15-37-39-31(41)17-3-6-20(7-4-17)38-32(42)29-27(35)23-10-8-21(40(44)45)14-26(23)47-29/h2-15H,1H3,(H,38,42)(H,39,41)/b37-15-. The molecule has 0 spiro atoms. The lowest BCUT2D eigenvalue weighted by atomic mass is 10.2. The maximum absolute atomic E-state index is 13.1. The fourth-order valence-electron chi connectivity index (χ4n) is 4.59. The van der Waals surface area contributed by atoms with Crippen LogP contribution >= 0.6 is 61.8 Å². The summed E-state index contributed by atoms with van der Waals surface area (Å²) in [6.45, 7) is 1.96. The minimum Gasteiger partial charge on any atom is -0.422 e. The highest BCUT2D eigenvalue weighted by Gasteiger charge is 2.21. The number of hydrazone groups is 1. The van der Waals surface area contributed by atoms with Crippen LogP contribution in [0.5, 0.6) is 5.75 Å². The zero-order valence-electron chi connectivity index (χ0n) is 24.4. The Balaban J connectivity index is 1.11. The summed E-state index contributed by atoms with van der Waals surface area (Å²) in [5, 5.41) is 19.7.